The quantitative estimate of drug-likeness (QED) is 0.658. The average molecular weight is 377 g/mol. The van der Waals surface area contributed by atoms with Gasteiger partial charge in [0.1, 0.15) is 11.9 Å². The minimum Gasteiger partial charge on any atom is -0.371 e. The van der Waals surface area contributed by atoms with Gasteiger partial charge in [0.15, 0.2) is 0 Å². The molecule has 1 saturated carbocycles. The number of hydrogen-bond donors (Lipinski definition) is 0. The normalized spacial score (nSPS) is 18.7. The maximum atomic E-state index is 13.5. The van der Waals surface area contributed by atoms with Crippen LogP contribution in [0.15, 0.2) is 48.5 Å². The first-order valence-electron chi connectivity index (χ1n) is 9.89. The second-order valence-corrected chi connectivity index (χ2v) is 7.65. The molecule has 28 heavy (non-hydrogen) atoms. The number of amides is 1. The summed E-state index contributed by atoms with van der Waals surface area (Å²) in [5.41, 5.74) is 2.67. The van der Waals surface area contributed by atoms with Crippen molar-refractivity contribution >= 4 is 5.91 Å². The number of halogens is 1. The molecule has 1 saturated heterocycles. The van der Waals surface area contributed by atoms with Gasteiger partial charge in [-0.05, 0) is 60.6 Å². The number of hydrogen-bond acceptors (Lipinski definition) is 2. The van der Waals surface area contributed by atoms with Crippen molar-refractivity contribution < 1.29 is 13.9 Å². The van der Waals surface area contributed by atoms with E-state index in [1.807, 2.05) is 29.2 Å². The van der Waals surface area contributed by atoms with E-state index in [0.717, 1.165) is 23.1 Å². The zero-order chi connectivity index (χ0) is 19.5. The summed E-state index contributed by atoms with van der Waals surface area (Å²) in [6.45, 7) is 1.36. The molecular formula is C24H24FNO2. The third-order valence-corrected chi connectivity index (χ3v) is 5.56. The van der Waals surface area contributed by atoms with E-state index in [-0.39, 0.29) is 23.9 Å². The Kier molecular flexibility index (Phi) is 5.45. The lowest BCUT2D eigenvalue weighted by Crippen LogP contribution is -2.35. The van der Waals surface area contributed by atoms with E-state index < -0.39 is 0 Å². The van der Waals surface area contributed by atoms with Crippen molar-refractivity contribution in [1.29, 1.82) is 0 Å². The van der Waals surface area contributed by atoms with Gasteiger partial charge < -0.3 is 9.64 Å². The molecule has 0 aromatic heterocycles. The first kappa shape index (κ1) is 18.7. The zero-order valence-electron chi connectivity index (χ0n) is 15.8. The predicted octanol–water partition coefficient (Wildman–Crippen LogP) is 4.64. The molecule has 1 heterocycles. The van der Waals surface area contributed by atoms with Crippen molar-refractivity contribution in [2.75, 3.05) is 13.2 Å². The van der Waals surface area contributed by atoms with Crippen LogP contribution in [-0.4, -0.2) is 24.0 Å². The Morgan fingerprint density at radius 3 is 2.36 bits per heavy atom. The Morgan fingerprint density at radius 2 is 1.79 bits per heavy atom. The van der Waals surface area contributed by atoms with Crippen molar-refractivity contribution in [2.45, 2.75) is 37.8 Å². The van der Waals surface area contributed by atoms with E-state index in [2.05, 4.69) is 5.92 Å². The number of likely N-dealkylation sites (tertiary alicyclic amines) is 1. The fraction of sp³-hybridized carbons (Fsp3) is 0.375. The van der Waals surface area contributed by atoms with Gasteiger partial charge in [0.05, 0.1) is 12.6 Å². The van der Waals surface area contributed by atoms with Crippen LogP contribution in [0.4, 0.5) is 4.39 Å². The summed E-state index contributed by atoms with van der Waals surface area (Å²) in [7, 11) is 0. The largest absolute Gasteiger partial charge is 0.371 e. The lowest BCUT2D eigenvalue weighted by molar-refractivity contribution is -0.133. The Labute approximate surface area is 165 Å². The van der Waals surface area contributed by atoms with Gasteiger partial charge in [-0.3, -0.25) is 4.79 Å². The molecule has 2 aliphatic rings. The highest BCUT2D eigenvalue weighted by atomic mass is 19.1. The van der Waals surface area contributed by atoms with E-state index in [0.29, 0.717) is 25.5 Å². The molecule has 4 rings (SSSR count). The molecule has 2 aromatic carbocycles. The van der Waals surface area contributed by atoms with Crippen molar-refractivity contribution in [3.05, 3.63) is 71.0 Å². The molecule has 0 N–H and O–H groups in total. The molecule has 0 radical (unpaired) electrons. The molecule has 1 aliphatic carbocycles. The molecule has 3 nitrogen and oxygen atoms in total. The molecule has 2 atom stereocenters. The monoisotopic (exact) mass is 377 g/mol. The third kappa shape index (κ3) is 4.10. The van der Waals surface area contributed by atoms with Crippen LogP contribution < -0.4 is 0 Å². The summed E-state index contributed by atoms with van der Waals surface area (Å²) in [6, 6.07) is 13.9. The summed E-state index contributed by atoms with van der Waals surface area (Å²) in [5, 5.41) is 0. The molecule has 0 unspecified atom stereocenters. The second-order valence-electron chi connectivity index (χ2n) is 7.65. The first-order chi connectivity index (χ1) is 13.7. The van der Waals surface area contributed by atoms with Crippen LogP contribution in [0.2, 0.25) is 0 Å². The van der Waals surface area contributed by atoms with E-state index in [1.54, 1.807) is 12.1 Å². The molecule has 1 aliphatic heterocycles. The highest BCUT2D eigenvalue weighted by Crippen LogP contribution is 2.41. The Morgan fingerprint density at radius 1 is 1.11 bits per heavy atom. The Bertz CT molecular complexity index is 865. The molecular weight excluding hydrogens is 353 g/mol. The van der Waals surface area contributed by atoms with E-state index >= 15 is 0 Å². The number of ether oxygens (including phenoxy) is 1. The summed E-state index contributed by atoms with van der Waals surface area (Å²) in [6.07, 6.45) is 8.93. The molecule has 1 amide bonds. The molecule has 2 aromatic rings. The van der Waals surface area contributed by atoms with E-state index in [1.165, 1.54) is 25.0 Å². The third-order valence-electron chi connectivity index (χ3n) is 5.56. The summed E-state index contributed by atoms with van der Waals surface area (Å²) in [5.74, 6) is 3.06. The smallest absolute Gasteiger partial charge is 0.223 e. The minimum atomic E-state index is -0.320. The molecule has 4 heteroatoms. The number of carbonyl (C=O) groups is 1. The topological polar surface area (TPSA) is 29.5 Å². The number of carbonyl (C=O) groups excluding carboxylic acids is 1. The van der Waals surface area contributed by atoms with Crippen molar-refractivity contribution in [1.82, 2.24) is 4.90 Å². The van der Waals surface area contributed by atoms with Gasteiger partial charge in [0, 0.05) is 18.5 Å². The molecule has 0 spiro atoms. The second kappa shape index (κ2) is 8.16. The van der Waals surface area contributed by atoms with Gasteiger partial charge in [0.25, 0.3) is 0 Å². The van der Waals surface area contributed by atoms with Crippen LogP contribution >= 0.6 is 0 Å². The zero-order valence-corrected chi connectivity index (χ0v) is 15.8. The number of rotatable bonds is 7. The van der Waals surface area contributed by atoms with Crippen LogP contribution in [-0.2, 0) is 9.53 Å². The fourth-order valence-corrected chi connectivity index (χ4v) is 3.80. The summed E-state index contributed by atoms with van der Waals surface area (Å²) < 4.78 is 19.9. The van der Waals surface area contributed by atoms with Crippen LogP contribution in [0.5, 0.6) is 0 Å². The highest BCUT2D eigenvalue weighted by Gasteiger charge is 2.37. The first-order valence-corrected chi connectivity index (χ1v) is 9.89. The van der Waals surface area contributed by atoms with Gasteiger partial charge in [0.2, 0.25) is 5.91 Å². The van der Waals surface area contributed by atoms with Crippen molar-refractivity contribution in [3.8, 4) is 12.3 Å². The molecule has 0 bridgehead atoms. The minimum absolute atomic E-state index is 0.120. The maximum absolute atomic E-state index is 13.5. The van der Waals surface area contributed by atoms with Crippen molar-refractivity contribution in [2.24, 2.45) is 5.92 Å². The maximum Gasteiger partial charge on any atom is 0.223 e. The van der Waals surface area contributed by atoms with Crippen LogP contribution in [0.1, 0.15) is 54.5 Å². The predicted molar refractivity (Wildman–Crippen MR) is 106 cm³/mol. The van der Waals surface area contributed by atoms with Crippen LogP contribution in [0.25, 0.3) is 0 Å². The number of benzene rings is 2. The number of terminal acetylenes is 1. The standard InChI is InChI=1S/C24H24FNO2/c1-2-17-7-9-20(10-8-17)24(28-16-18-5-6-18)23(26-15-3-4-22(26)27)19-11-13-21(25)14-12-19/h1,7-14,18,23-24H,3-6,15-16H2/t23-,24+/m0/s1. The van der Waals surface area contributed by atoms with E-state index in [9.17, 15) is 9.18 Å². The molecule has 2 fully saturated rings. The van der Waals surface area contributed by atoms with Gasteiger partial charge >= 0.3 is 0 Å². The Balaban J connectivity index is 1.73. The van der Waals surface area contributed by atoms with Gasteiger partial charge in [-0.1, -0.05) is 30.2 Å². The lowest BCUT2D eigenvalue weighted by atomic mass is 9.93. The Hall–Kier alpha value is -2.64. The van der Waals surface area contributed by atoms with Crippen LogP contribution in [0.3, 0.4) is 0 Å². The van der Waals surface area contributed by atoms with Crippen molar-refractivity contribution in [3.63, 3.8) is 0 Å². The van der Waals surface area contributed by atoms with Crippen LogP contribution in [0, 0.1) is 24.1 Å². The van der Waals surface area contributed by atoms with Gasteiger partial charge in [-0.15, -0.1) is 6.42 Å². The SMILES string of the molecule is C#Cc1ccc([C@@H](OCC2CC2)[C@H](c2ccc(F)cc2)N2CCCC2=O)cc1. The highest BCUT2D eigenvalue weighted by molar-refractivity contribution is 5.78. The fourth-order valence-electron chi connectivity index (χ4n) is 3.80. The molecule has 144 valence electrons. The summed E-state index contributed by atoms with van der Waals surface area (Å²) >= 11 is 0. The van der Waals surface area contributed by atoms with E-state index in [4.69, 9.17) is 11.2 Å². The summed E-state index contributed by atoms with van der Waals surface area (Å²) in [4.78, 5) is 14.5. The average Bonchev–Trinajstić information content (AvgIpc) is 3.46. The lowest BCUT2D eigenvalue weighted by Gasteiger charge is -2.35. The van der Waals surface area contributed by atoms with Gasteiger partial charge in [-0.2, -0.15) is 0 Å². The number of nitrogens with zero attached hydrogens (tertiary/aromatic N) is 1. The van der Waals surface area contributed by atoms with Gasteiger partial charge in [-0.25, -0.2) is 4.39 Å².